The first-order chi connectivity index (χ1) is 27.1. The second-order valence-corrected chi connectivity index (χ2v) is 15.7. The fourth-order valence-electron chi connectivity index (χ4n) is 8.74. The molecule has 4 fully saturated rings. The van der Waals surface area contributed by atoms with Crippen LogP contribution in [0.5, 0.6) is 5.75 Å². The van der Waals surface area contributed by atoms with Crippen molar-refractivity contribution in [3.05, 3.63) is 87.9 Å². The van der Waals surface area contributed by atoms with Crippen molar-refractivity contribution in [2.75, 3.05) is 49.5 Å². The van der Waals surface area contributed by atoms with Crippen molar-refractivity contribution in [2.24, 2.45) is 0 Å². The van der Waals surface area contributed by atoms with Crippen LogP contribution >= 0.6 is 11.6 Å². The Morgan fingerprint density at radius 3 is 2.20 bits per heavy atom. The molecule has 3 saturated heterocycles. The molecule has 290 valence electrons. The third kappa shape index (κ3) is 7.68. The molecule has 3 aromatic carbocycles. The number of nitrogens with zero attached hydrogens (tertiary/aromatic N) is 5. The van der Waals surface area contributed by atoms with Gasteiger partial charge >= 0.3 is 0 Å². The first-order valence-electron chi connectivity index (χ1n) is 19.5. The number of imide groups is 2. The van der Waals surface area contributed by atoms with Gasteiger partial charge < -0.3 is 19.9 Å². The van der Waals surface area contributed by atoms with E-state index in [0.717, 1.165) is 81.0 Å². The number of carbonyl (C=O) groups excluding carboxylic acids is 5. The number of carbonyl (C=O) groups is 5. The molecule has 3 aromatic rings. The van der Waals surface area contributed by atoms with Crippen LogP contribution in [-0.2, 0) is 9.59 Å². The third-order valence-corrected chi connectivity index (χ3v) is 12.2. The van der Waals surface area contributed by atoms with Gasteiger partial charge in [-0.1, -0.05) is 11.6 Å². The van der Waals surface area contributed by atoms with Crippen LogP contribution in [0.3, 0.4) is 0 Å². The molecule has 1 saturated carbocycles. The quantitative estimate of drug-likeness (QED) is 0.304. The molecule has 0 radical (unpaired) electrons. The van der Waals surface area contributed by atoms with Crippen LogP contribution < -0.4 is 20.3 Å². The summed E-state index contributed by atoms with van der Waals surface area (Å²) in [6.07, 6.45) is 5.94. The SMILES string of the molecule is N#Cc1ccc(O[C@H]2CC[C@H](Nc3ccc(C(=O)N4CCN(C5CCN(c6ccc7c(c6)C(=O)N(C6CCC(=O)NC6=O)C7=O)CC5)CC4)cc3)CC2)cc1Cl. The Morgan fingerprint density at radius 1 is 0.804 bits per heavy atom. The summed E-state index contributed by atoms with van der Waals surface area (Å²) in [5.41, 5.74) is 3.57. The van der Waals surface area contributed by atoms with Gasteiger partial charge in [0.25, 0.3) is 17.7 Å². The van der Waals surface area contributed by atoms with E-state index in [1.54, 1.807) is 30.3 Å². The van der Waals surface area contributed by atoms with Crippen LogP contribution in [0.2, 0.25) is 5.02 Å². The molecular formula is C42H44ClN7O6. The fourth-order valence-corrected chi connectivity index (χ4v) is 8.95. The van der Waals surface area contributed by atoms with Gasteiger partial charge in [-0.2, -0.15) is 5.26 Å². The zero-order chi connectivity index (χ0) is 38.9. The standard InChI is InChI=1S/C42H44ClN7O6/c43-36-24-33(9-3-27(36)25-44)56-32-10-6-29(7-11-32)45-28-4-1-26(2-5-28)40(53)49-21-19-48(20-22-49)30-15-17-47(18-16-30)31-8-12-34-35(23-31)42(55)50(41(34)54)37-13-14-38(51)46-39(37)52/h1-5,8-9,12,23-24,29-30,32,37,45H,6-7,10-11,13-22H2,(H,46,51,52)/t29-,32-,37?. The van der Waals surface area contributed by atoms with E-state index < -0.39 is 29.7 Å². The summed E-state index contributed by atoms with van der Waals surface area (Å²) in [6.45, 7) is 4.56. The first kappa shape index (κ1) is 37.5. The molecule has 56 heavy (non-hydrogen) atoms. The average Bonchev–Trinajstić information content (AvgIpc) is 3.46. The number of anilines is 2. The second kappa shape index (κ2) is 16.0. The van der Waals surface area contributed by atoms with Crippen molar-refractivity contribution < 1.29 is 28.7 Å². The van der Waals surface area contributed by atoms with Crippen LogP contribution in [0.1, 0.15) is 88.0 Å². The number of halogens is 1. The van der Waals surface area contributed by atoms with Crippen molar-refractivity contribution >= 4 is 52.5 Å². The lowest BCUT2D eigenvalue weighted by atomic mass is 9.92. The second-order valence-electron chi connectivity index (χ2n) is 15.3. The molecule has 1 aliphatic carbocycles. The van der Waals surface area contributed by atoms with Crippen molar-refractivity contribution in [2.45, 2.75) is 75.6 Å². The van der Waals surface area contributed by atoms with Crippen molar-refractivity contribution in [1.82, 2.24) is 20.0 Å². The number of piperazine rings is 1. The van der Waals surface area contributed by atoms with Gasteiger partial charge in [0.15, 0.2) is 0 Å². The van der Waals surface area contributed by atoms with E-state index >= 15 is 0 Å². The molecule has 0 spiro atoms. The van der Waals surface area contributed by atoms with Crippen LogP contribution in [0.15, 0.2) is 60.7 Å². The first-order valence-corrected chi connectivity index (χ1v) is 19.9. The smallest absolute Gasteiger partial charge is 0.262 e. The highest BCUT2D eigenvalue weighted by atomic mass is 35.5. The highest BCUT2D eigenvalue weighted by Gasteiger charge is 2.45. The van der Waals surface area contributed by atoms with Crippen LogP contribution in [0.25, 0.3) is 0 Å². The monoisotopic (exact) mass is 777 g/mol. The number of fused-ring (bicyclic) bond motifs is 1. The van der Waals surface area contributed by atoms with Crippen LogP contribution in [0.4, 0.5) is 11.4 Å². The predicted octanol–water partition coefficient (Wildman–Crippen LogP) is 4.84. The molecule has 14 heteroatoms. The van der Waals surface area contributed by atoms with Gasteiger partial charge in [-0.25, -0.2) is 0 Å². The molecule has 0 bridgehead atoms. The predicted molar refractivity (Wildman–Crippen MR) is 209 cm³/mol. The number of nitrogens with one attached hydrogen (secondary N) is 2. The Balaban J connectivity index is 0.772. The number of amides is 5. The maximum absolute atomic E-state index is 13.5. The zero-order valence-corrected chi connectivity index (χ0v) is 31.8. The number of benzene rings is 3. The molecule has 5 amide bonds. The van der Waals surface area contributed by atoms with E-state index in [1.165, 1.54) is 0 Å². The third-order valence-electron chi connectivity index (χ3n) is 11.9. The fraction of sp³-hybridized carbons (Fsp3) is 0.429. The molecule has 1 atom stereocenters. The Morgan fingerprint density at radius 2 is 1.52 bits per heavy atom. The lowest BCUT2D eigenvalue weighted by Crippen LogP contribution is -2.54. The molecule has 0 aromatic heterocycles. The summed E-state index contributed by atoms with van der Waals surface area (Å²) in [5.74, 6) is -1.27. The van der Waals surface area contributed by atoms with Crippen LogP contribution in [-0.4, -0.2) is 108 Å². The zero-order valence-electron chi connectivity index (χ0n) is 31.0. The normalized spacial score (nSPS) is 23.4. The van der Waals surface area contributed by atoms with Crippen LogP contribution in [0, 0.1) is 11.3 Å². The van der Waals surface area contributed by atoms with Gasteiger partial charge in [0, 0.05) is 80.8 Å². The van der Waals surface area contributed by atoms with E-state index in [-0.39, 0.29) is 30.4 Å². The van der Waals surface area contributed by atoms with Gasteiger partial charge in [-0.05, 0) is 99.5 Å². The maximum Gasteiger partial charge on any atom is 0.262 e. The van der Waals surface area contributed by atoms with Gasteiger partial charge in [0.05, 0.1) is 27.8 Å². The maximum atomic E-state index is 13.5. The molecule has 13 nitrogen and oxygen atoms in total. The Bertz CT molecular complexity index is 2080. The van der Waals surface area contributed by atoms with Crippen molar-refractivity contribution in [1.29, 1.82) is 5.26 Å². The number of nitriles is 1. The van der Waals surface area contributed by atoms with Gasteiger partial charge in [-0.3, -0.25) is 39.1 Å². The molecule has 4 aliphatic heterocycles. The average molecular weight is 778 g/mol. The van der Waals surface area contributed by atoms with Crippen molar-refractivity contribution in [3.63, 3.8) is 0 Å². The van der Waals surface area contributed by atoms with E-state index in [2.05, 4.69) is 26.5 Å². The number of rotatable bonds is 8. The summed E-state index contributed by atoms with van der Waals surface area (Å²) in [7, 11) is 0. The summed E-state index contributed by atoms with van der Waals surface area (Å²) in [4.78, 5) is 71.6. The Hall–Kier alpha value is -5.45. The van der Waals surface area contributed by atoms with E-state index in [0.29, 0.717) is 52.6 Å². The highest BCUT2D eigenvalue weighted by molar-refractivity contribution is 6.31. The summed E-state index contributed by atoms with van der Waals surface area (Å²) >= 11 is 6.16. The Labute approximate surface area is 330 Å². The van der Waals surface area contributed by atoms with Gasteiger partial charge in [-0.15, -0.1) is 0 Å². The highest BCUT2D eigenvalue weighted by Crippen LogP contribution is 2.33. The molecule has 8 rings (SSSR count). The topological polar surface area (TPSA) is 155 Å². The van der Waals surface area contributed by atoms with Gasteiger partial charge in [0.2, 0.25) is 11.8 Å². The molecular weight excluding hydrogens is 734 g/mol. The minimum absolute atomic E-state index is 0.0485. The van der Waals surface area contributed by atoms with Gasteiger partial charge in [0.1, 0.15) is 17.9 Å². The summed E-state index contributed by atoms with van der Waals surface area (Å²) in [5, 5.41) is 15.4. The largest absolute Gasteiger partial charge is 0.490 e. The number of hydrogen-bond acceptors (Lipinski definition) is 10. The molecule has 2 N–H and O–H groups in total. The number of piperidine rings is 2. The molecule has 1 unspecified atom stereocenters. The summed E-state index contributed by atoms with van der Waals surface area (Å²) < 4.78 is 6.13. The number of ether oxygens (including phenoxy) is 1. The lowest BCUT2D eigenvalue weighted by Gasteiger charge is -2.43. The molecule has 5 aliphatic rings. The van der Waals surface area contributed by atoms with Crippen molar-refractivity contribution in [3.8, 4) is 11.8 Å². The van der Waals surface area contributed by atoms with E-state index in [1.807, 2.05) is 35.2 Å². The molecule has 4 heterocycles. The summed E-state index contributed by atoms with van der Waals surface area (Å²) in [6, 6.07) is 20.1. The number of hydrogen-bond donors (Lipinski definition) is 2. The van der Waals surface area contributed by atoms with E-state index in [4.69, 9.17) is 21.6 Å². The minimum Gasteiger partial charge on any atom is -0.490 e. The minimum atomic E-state index is -0.981. The van der Waals surface area contributed by atoms with E-state index in [9.17, 15) is 24.0 Å². The lowest BCUT2D eigenvalue weighted by molar-refractivity contribution is -0.136. The Kier molecular flexibility index (Phi) is 10.7.